The predicted octanol–water partition coefficient (Wildman–Crippen LogP) is 5.38. The molecule has 0 aromatic heterocycles. The van der Waals surface area contributed by atoms with Gasteiger partial charge >= 0.3 is 12.1 Å². The summed E-state index contributed by atoms with van der Waals surface area (Å²) >= 11 is 1.46. The molecule has 1 heterocycles. The number of benzene rings is 1. The number of hydrogen-bond acceptors (Lipinski definition) is 8. The molecule has 1 amide bonds. The van der Waals surface area contributed by atoms with Crippen LogP contribution in [0.5, 0.6) is 0 Å². The number of rotatable bonds is 10. The van der Waals surface area contributed by atoms with Gasteiger partial charge in [-0.05, 0) is 56.1 Å². The first-order chi connectivity index (χ1) is 16.2. The van der Waals surface area contributed by atoms with Gasteiger partial charge in [0.15, 0.2) is 8.32 Å². The summed E-state index contributed by atoms with van der Waals surface area (Å²) in [5.41, 5.74) is 0.650. The number of ether oxygens (including phenoxy) is 2. The third-order valence-electron chi connectivity index (χ3n) is 6.54. The van der Waals surface area contributed by atoms with Crippen LogP contribution in [-0.4, -0.2) is 66.5 Å². The van der Waals surface area contributed by atoms with E-state index in [-0.39, 0.29) is 40.7 Å². The Balaban J connectivity index is 2.07. The first-order valence-corrected chi connectivity index (χ1v) is 15.8. The number of thioether (sulfide) groups is 1. The molecule has 2 rings (SSSR count). The van der Waals surface area contributed by atoms with Crippen LogP contribution in [0.4, 0.5) is 10.5 Å². The van der Waals surface area contributed by atoms with Crippen LogP contribution in [0.2, 0.25) is 18.1 Å². The monoisotopic (exact) mass is 526 g/mol. The summed E-state index contributed by atoms with van der Waals surface area (Å²) < 4.78 is 17.2. The molecule has 1 aromatic rings. The van der Waals surface area contributed by atoms with Crippen LogP contribution < -0.4 is 0 Å². The van der Waals surface area contributed by atoms with Crippen molar-refractivity contribution in [2.75, 3.05) is 18.9 Å². The van der Waals surface area contributed by atoms with Gasteiger partial charge in [-0.15, -0.1) is 11.8 Å². The Morgan fingerprint density at radius 3 is 2.40 bits per heavy atom. The minimum absolute atomic E-state index is 0.0141. The van der Waals surface area contributed by atoms with Crippen LogP contribution in [0.1, 0.15) is 46.6 Å². The van der Waals surface area contributed by atoms with Crippen molar-refractivity contribution >= 4 is 37.8 Å². The fourth-order valence-electron chi connectivity index (χ4n) is 3.46. The molecule has 3 atom stereocenters. The van der Waals surface area contributed by atoms with Crippen LogP contribution in [0.25, 0.3) is 0 Å². The number of non-ortho nitro benzene ring substituents is 1. The van der Waals surface area contributed by atoms with Gasteiger partial charge in [-0.25, -0.2) is 4.79 Å². The van der Waals surface area contributed by atoms with Crippen LogP contribution in [0.3, 0.4) is 0 Å². The SMILES string of the molecule is CCOC(=O)C(C)SC[C@@H]1C[C@H](O[Si](C)(C)C(C)(C)C)CN1C(=O)OCc1ccc([N+](=O)[O-])cc1. The highest BCUT2D eigenvalue weighted by Crippen LogP contribution is 2.39. The van der Waals surface area contributed by atoms with Crippen molar-refractivity contribution in [3.05, 3.63) is 39.9 Å². The first kappa shape index (κ1) is 29.1. The van der Waals surface area contributed by atoms with Crippen LogP contribution in [0, 0.1) is 10.1 Å². The Morgan fingerprint density at radius 2 is 1.86 bits per heavy atom. The molecular weight excluding hydrogens is 488 g/mol. The highest BCUT2D eigenvalue weighted by molar-refractivity contribution is 8.00. The molecule has 1 saturated heterocycles. The standard InChI is InChI=1S/C24H38N2O7SSi/c1-8-31-22(27)17(2)34-16-20-13-21(33-35(6,7)24(3,4)5)14-25(20)23(28)32-15-18-9-11-19(12-10-18)26(29)30/h9-12,17,20-21H,8,13-16H2,1-7H3/t17?,20-,21-/m0/s1. The Bertz CT molecular complexity index is 889. The zero-order valence-corrected chi connectivity index (χ0v) is 23.6. The molecule has 0 spiro atoms. The third-order valence-corrected chi connectivity index (χ3v) is 12.3. The lowest BCUT2D eigenvalue weighted by Crippen LogP contribution is -2.44. The molecule has 1 fully saturated rings. The van der Waals surface area contributed by atoms with Crippen molar-refractivity contribution in [3.8, 4) is 0 Å². The fraction of sp³-hybridized carbons (Fsp3) is 0.667. The zero-order valence-electron chi connectivity index (χ0n) is 21.7. The average molecular weight is 527 g/mol. The topological polar surface area (TPSA) is 108 Å². The molecule has 9 nitrogen and oxygen atoms in total. The number of esters is 1. The van der Waals surface area contributed by atoms with E-state index in [1.54, 1.807) is 30.9 Å². The number of hydrogen-bond donors (Lipinski definition) is 0. The molecule has 1 unspecified atom stereocenters. The van der Waals surface area contributed by atoms with Gasteiger partial charge in [0.2, 0.25) is 0 Å². The second kappa shape index (κ2) is 12.2. The Labute approximate surface area is 213 Å². The van der Waals surface area contributed by atoms with Crippen LogP contribution in [-0.2, 0) is 25.3 Å². The van der Waals surface area contributed by atoms with E-state index >= 15 is 0 Å². The van der Waals surface area contributed by atoms with E-state index < -0.39 is 19.3 Å². The number of carbonyl (C=O) groups is 2. The largest absolute Gasteiger partial charge is 0.465 e. The summed E-state index contributed by atoms with van der Waals surface area (Å²) in [6.07, 6.45) is 0.104. The predicted molar refractivity (Wildman–Crippen MR) is 139 cm³/mol. The van der Waals surface area contributed by atoms with Crippen molar-refractivity contribution < 1.29 is 28.4 Å². The Kier molecular flexibility index (Phi) is 10.2. The number of likely N-dealkylation sites (tertiary alicyclic amines) is 1. The third kappa shape index (κ3) is 8.21. The quantitative estimate of drug-likeness (QED) is 0.173. The van der Waals surface area contributed by atoms with Gasteiger partial charge in [0, 0.05) is 30.5 Å². The van der Waals surface area contributed by atoms with Gasteiger partial charge in [-0.2, -0.15) is 0 Å². The molecule has 11 heteroatoms. The summed E-state index contributed by atoms with van der Waals surface area (Å²) in [5, 5.41) is 10.5. The lowest BCUT2D eigenvalue weighted by atomic mass is 10.2. The van der Waals surface area contributed by atoms with E-state index in [0.29, 0.717) is 30.9 Å². The summed E-state index contributed by atoms with van der Waals surface area (Å²) in [5.74, 6) is 0.293. The fourth-order valence-corrected chi connectivity index (χ4v) is 5.85. The van der Waals surface area contributed by atoms with Crippen LogP contribution >= 0.6 is 11.8 Å². The smallest absolute Gasteiger partial charge is 0.410 e. The zero-order chi connectivity index (χ0) is 26.4. The van der Waals surface area contributed by atoms with E-state index in [1.165, 1.54) is 23.9 Å². The second-order valence-corrected chi connectivity index (χ2v) is 16.4. The molecule has 0 aliphatic carbocycles. The molecule has 0 bridgehead atoms. The summed E-state index contributed by atoms with van der Waals surface area (Å²) in [4.78, 5) is 37.1. The molecule has 1 aliphatic heterocycles. The number of carbonyl (C=O) groups excluding carboxylic acids is 2. The number of nitrogens with zero attached hydrogens (tertiary/aromatic N) is 2. The highest BCUT2D eigenvalue weighted by atomic mass is 32.2. The maximum atomic E-state index is 13.0. The normalized spacial score (nSPS) is 19.3. The summed E-state index contributed by atoms with van der Waals surface area (Å²) in [6.45, 7) is 15.3. The summed E-state index contributed by atoms with van der Waals surface area (Å²) in [6, 6.07) is 5.78. The number of nitro groups is 1. The van der Waals surface area contributed by atoms with E-state index in [1.807, 2.05) is 0 Å². The van der Waals surface area contributed by atoms with Gasteiger partial charge < -0.3 is 18.8 Å². The van der Waals surface area contributed by atoms with Gasteiger partial charge in [0.25, 0.3) is 5.69 Å². The van der Waals surface area contributed by atoms with Gasteiger partial charge in [0.1, 0.15) is 6.61 Å². The molecule has 0 N–H and O–H groups in total. The van der Waals surface area contributed by atoms with Crippen molar-refractivity contribution in [2.24, 2.45) is 0 Å². The van der Waals surface area contributed by atoms with E-state index in [2.05, 4.69) is 33.9 Å². The maximum Gasteiger partial charge on any atom is 0.410 e. The minimum Gasteiger partial charge on any atom is -0.465 e. The Morgan fingerprint density at radius 1 is 1.23 bits per heavy atom. The minimum atomic E-state index is -2.04. The lowest BCUT2D eigenvalue weighted by Gasteiger charge is -2.38. The van der Waals surface area contributed by atoms with E-state index in [0.717, 1.165) is 0 Å². The molecule has 0 saturated carbocycles. The van der Waals surface area contributed by atoms with Crippen molar-refractivity contribution in [2.45, 2.75) is 83.2 Å². The number of amides is 1. The second-order valence-electron chi connectivity index (χ2n) is 10.2. The van der Waals surface area contributed by atoms with Gasteiger partial charge in [-0.3, -0.25) is 14.9 Å². The van der Waals surface area contributed by atoms with Gasteiger partial charge in [-0.1, -0.05) is 20.8 Å². The van der Waals surface area contributed by atoms with Crippen molar-refractivity contribution in [3.63, 3.8) is 0 Å². The number of nitro benzene ring substituents is 1. The van der Waals surface area contributed by atoms with Gasteiger partial charge in [0.05, 0.1) is 22.9 Å². The highest BCUT2D eigenvalue weighted by Gasteiger charge is 2.44. The van der Waals surface area contributed by atoms with Crippen molar-refractivity contribution in [1.29, 1.82) is 0 Å². The Hall–Kier alpha value is -2.11. The molecular formula is C24H38N2O7SSi. The van der Waals surface area contributed by atoms with Crippen molar-refractivity contribution in [1.82, 2.24) is 4.90 Å². The van der Waals surface area contributed by atoms with Crippen LogP contribution in [0.15, 0.2) is 24.3 Å². The first-order valence-electron chi connectivity index (χ1n) is 11.9. The molecule has 1 aliphatic rings. The molecule has 196 valence electrons. The van der Waals surface area contributed by atoms with E-state index in [4.69, 9.17) is 13.9 Å². The summed E-state index contributed by atoms with van der Waals surface area (Å²) in [7, 11) is -2.04. The average Bonchev–Trinajstić information content (AvgIpc) is 3.17. The van der Waals surface area contributed by atoms with E-state index in [9.17, 15) is 19.7 Å². The lowest BCUT2D eigenvalue weighted by molar-refractivity contribution is -0.384. The maximum absolute atomic E-state index is 13.0. The molecule has 35 heavy (non-hydrogen) atoms. The molecule has 0 radical (unpaired) electrons. The molecule has 1 aromatic carbocycles.